The van der Waals surface area contributed by atoms with Crippen molar-refractivity contribution in [1.82, 2.24) is 5.32 Å². The fraction of sp³-hybridized carbons (Fsp3) is 0.500. The smallest absolute Gasteiger partial charge is 0.0345 e. The first kappa shape index (κ1) is 12.2. The van der Waals surface area contributed by atoms with Crippen LogP contribution >= 0.6 is 11.3 Å². The highest BCUT2D eigenvalue weighted by Crippen LogP contribution is 2.29. The van der Waals surface area contributed by atoms with Crippen molar-refractivity contribution in [2.75, 3.05) is 6.54 Å². The van der Waals surface area contributed by atoms with Gasteiger partial charge < -0.3 is 5.32 Å². The van der Waals surface area contributed by atoms with Crippen molar-refractivity contribution in [2.24, 2.45) is 5.92 Å². The largest absolute Gasteiger partial charge is 0.314 e. The van der Waals surface area contributed by atoms with Gasteiger partial charge in [-0.3, -0.25) is 0 Å². The van der Waals surface area contributed by atoms with Gasteiger partial charge >= 0.3 is 0 Å². The number of piperidine rings is 1. The molecule has 96 valence electrons. The molecule has 2 heteroatoms. The first-order valence-corrected chi connectivity index (χ1v) is 7.93. The van der Waals surface area contributed by atoms with Crippen molar-refractivity contribution in [1.29, 1.82) is 0 Å². The summed E-state index contributed by atoms with van der Waals surface area (Å²) in [5.41, 5.74) is 1.53. The molecule has 1 N–H and O–H groups in total. The second-order valence-electron chi connectivity index (χ2n) is 5.41. The molecule has 1 aliphatic heterocycles. The van der Waals surface area contributed by atoms with Crippen molar-refractivity contribution >= 4 is 21.4 Å². The number of fused-ring (bicyclic) bond motifs is 1. The van der Waals surface area contributed by atoms with Crippen molar-refractivity contribution in [3.8, 4) is 0 Å². The molecule has 18 heavy (non-hydrogen) atoms. The number of rotatable bonds is 3. The highest BCUT2D eigenvalue weighted by molar-refractivity contribution is 7.17. The van der Waals surface area contributed by atoms with Crippen LogP contribution in [-0.4, -0.2) is 12.6 Å². The van der Waals surface area contributed by atoms with Crippen LogP contribution in [0.3, 0.4) is 0 Å². The molecule has 2 unspecified atom stereocenters. The number of benzene rings is 1. The Kier molecular flexibility index (Phi) is 3.67. The standard InChI is InChI=1S/C16H21NS/c1-2-12-7-8-17-14(9-12)10-13-11-18-16-6-4-3-5-15(13)16/h3-6,11-12,14,17H,2,7-10H2,1H3. The van der Waals surface area contributed by atoms with Crippen LogP contribution < -0.4 is 5.32 Å². The Hall–Kier alpha value is -0.860. The van der Waals surface area contributed by atoms with Gasteiger partial charge in [0.2, 0.25) is 0 Å². The van der Waals surface area contributed by atoms with Crippen LogP contribution in [0.4, 0.5) is 0 Å². The Balaban J connectivity index is 1.76. The zero-order valence-corrected chi connectivity index (χ0v) is 11.8. The van der Waals surface area contributed by atoms with E-state index in [-0.39, 0.29) is 0 Å². The van der Waals surface area contributed by atoms with Crippen LogP contribution in [0.1, 0.15) is 31.7 Å². The summed E-state index contributed by atoms with van der Waals surface area (Å²) in [7, 11) is 0. The molecule has 0 spiro atoms. The van der Waals surface area contributed by atoms with Crippen LogP contribution in [0.5, 0.6) is 0 Å². The first-order valence-electron chi connectivity index (χ1n) is 7.05. The summed E-state index contributed by atoms with van der Waals surface area (Å²) in [5, 5.41) is 7.50. The minimum Gasteiger partial charge on any atom is -0.314 e. The molecule has 0 saturated carbocycles. The summed E-state index contributed by atoms with van der Waals surface area (Å²) in [6.45, 7) is 3.53. The van der Waals surface area contributed by atoms with Gasteiger partial charge in [-0.15, -0.1) is 11.3 Å². The zero-order valence-electron chi connectivity index (χ0n) is 11.0. The van der Waals surface area contributed by atoms with Gasteiger partial charge in [0, 0.05) is 10.7 Å². The number of hydrogen-bond acceptors (Lipinski definition) is 2. The van der Waals surface area contributed by atoms with Gasteiger partial charge in [0.25, 0.3) is 0 Å². The molecule has 0 radical (unpaired) electrons. The van der Waals surface area contributed by atoms with E-state index in [1.165, 1.54) is 47.9 Å². The van der Waals surface area contributed by atoms with Crippen LogP contribution in [-0.2, 0) is 6.42 Å². The molecule has 1 nitrogen and oxygen atoms in total. The normalized spacial score (nSPS) is 24.5. The van der Waals surface area contributed by atoms with Gasteiger partial charge in [-0.25, -0.2) is 0 Å². The first-order chi connectivity index (χ1) is 8.86. The molecule has 0 aliphatic carbocycles. The Morgan fingerprint density at radius 1 is 1.33 bits per heavy atom. The summed E-state index contributed by atoms with van der Waals surface area (Å²) >= 11 is 1.88. The summed E-state index contributed by atoms with van der Waals surface area (Å²) in [4.78, 5) is 0. The minimum atomic E-state index is 0.682. The Morgan fingerprint density at radius 3 is 3.11 bits per heavy atom. The summed E-state index contributed by atoms with van der Waals surface area (Å²) in [5.74, 6) is 0.932. The summed E-state index contributed by atoms with van der Waals surface area (Å²) in [6.07, 6.45) is 5.24. The zero-order chi connectivity index (χ0) is 12.4. The lowest BCUT2D eigenvalue weighted by Crippen LogP contribution is -2.39. The fourth-order valence-corrected chi connectivity index (χ4v) is 4.05. The molecule has 1 aromatic heterocycles. The maximum atomic E-state index is 3.69. The fourth-order valence-electron chi connectivity index (χ4n) is 3.08. The van der Waals surface area contributed by atoms with E-state index in [2.05, 4.69) is 41.9 Å². The number of hydrogen-bond donors (Lipinski definition) is 1. The van der Waals surface area contributed by atoms with Gasteiger partial charge in [0.1, 0.15) is 0 Å². The van der Waals surface area contributed by atoms with Gasteiger partial charge in [-0.05, 0) is 54.1 Å². The van der Waals surface area contributed by atoms with Crippen molar-refractivity contribution in [2.45, 2.75) is 38.6 Å². The van der Waals surface area contributed by atoms with E-state index in [1.54, 1.807) is 0 Å². The highest BCUT2D eigenvalue weighted by Gasteiger charge is 2.21. The van der Waals surface area contributed by atoms with Crippen LogP contribution in [0.2, 0.25) is 0 Å². The Morgan fingerprint density at radius 2 is 2.22 bits per heavy atom. The number of nitrogens with one attached hydrogen (secondary N) is 1. The predicted molar refractivity (Wildman–Crippen MR) is 80.3 cm³/mol. The van der Waals surface area contributed by atoms with Gasteiger partial charge in [0.15, 0.2) is 0 Å². The van der Waals surface area contributed by atoms with E-state index in [9.17, 15) is 0 Å². The van der Waals surface area contributed by atoms with Crippen LogP contribution in [0.15, 0.2) is 29.6 Å². The van der Waals surface area contributed by atoms with E-state index in [4.69, 9.17) is 0 Å². The molecule has 1 aromatic carbocycles. The highest BCUT2D eigenvalue weighted by atomic mass is 32.1. The van der Waals surface area contributed by atoms with Gasteiger partial charge in [0.05, 0.1) is 0 Å². The van der Waals surface area contributed by atoms with E-state index in [0.29, 0.717) is 6.04 Å². The van der Waals surface area contributed by atoms with Gasteiger partial charge in [-0.1, -0.05) is 31.5 Å². The lowest BCUT2D eigenvalue weighted by atomic mass is 9.87. The molecule has 2 atom stereocenters. The van der Waals surface area contributed by atoms with Crippen molar-refractivity contribution in [3.05, 3.63) is 35.2 Å². The monoisotopic (exact) mass is 259 g/mol. The maximum absolute atomic E-state index is 3.69. The third kappa shape index (κ3) is 2.45. The van der Waals surface area contributed by atoms with E-state index in [0.717, 1.165) is 5.92 Å². The quantitative estimate of drug-likeness (QED) is 0.870. The topological polar surface area (TPSA) is 12.0 Å². The molecule has 0 amide bonds. The Bertz CT molecular complexity index is 517. The minimum absolute atomic E-state index is 0.682. The third-order valence-corrected chi connectivity index (χ3v) is 5.22. The molecular formula is C16H21NS. The molecular weight excluding hydrogens is 238 g/mol. The molecule has 1 fully saturated rings. The summed E-state index contributed by atoms with van der Waals surface area (Å²) < 4.78 is 1.43. The Labute approximate surface area is 113 Å². The van der Waals surface area contributed by atoms with Crippen molar-refractivity contribution < 1.29 is 0 Å². The average Bonchev–Trinajstić information content (AvgIpc) is 2.83. The lowest BCUT2D eigenvalue weighted by molar-refractivity contribution is 0.294. The second kappa shape index (κ2) is 5.41. The van der Waals surface area contributed by atoms with Crippen molar-refractivity contribution in [3.63, 3.8) is 0 Å². The molecule has 2 aromatic rings. The average molecular weight is 259 g/mol. The van der Waals surface area contributed by atoms with E-state index < -0.39 is 0 Å². The maximum Gasteiger partial charge on any atom is 0.0345 e. The van der Waals surface area contributed by atoms with Crippen LogP contribution in [0.25, 0.3) is 10.1 Å². The third-order valence-electron chi connectivity index (χ3n) is 4.21. The molecule has 3 rings (SSSR count). The summed E-state index contributed by atoms with van der Waals surface area (Å²) in [6, 6.07) is 9.46. The van der Waals surface area contributed by atoms with Gasteiger partial charge in [-0.2, -0.15) is 0 Å². The van der Waals surface area contributed by atoms with E-state index >= 15 is 0 Å². The molecule has 1 saturated heterocycles. The van der Waals surface area contributed by atoms with Crippen LogP contribution in [0, 0.1) is 5.92 Å². The molecule has 1 aliphatic rings. The molecule has 2 heterocycles. The SMILES string of the molecule is CCC1CCNC(Cc2csc3ccccc23)C1. The second-order valence-corrected chi connectivity index (χ2v) is 6.32. The molecule has 0 bridgehead atoms. The predicted octanol–water partition coefficient (Wildman–Crippen LogP) is 4.22. The van der Waals surface area contributed by atoms with E-state index in [1.807, 2.05) is 11.3 Å². The number of thiophene rings is 1. The lowest BCUT2D eigenvalue weighted by Gasteiger charge is -2.29.